The molecule has 1 aliphatic rings. The van der Waals surface area contributed by atoms with E-state index in [0.717, 1.165) is 0 Å². The standard InChI is InChI=1S/C18H25F2N3O2/c1-11(2)16(24)23-15(17(25)21-3)14-6-4-5-13(22-14)12-7-9-18(19,20)10-8-12/h4-6,11-12,15H,7-10H2,1-3H3,(H,21,25)(H,23,24). The Hall–Kier alpha value is -2.05. The van der Waals surface area contributed by atoms with Gasteiger partial charge in [-0.25, -0.2) is 8.78 Å². The summed E-state index contributed by atoms with van der Waals surface area (Å²) in [5.74, 6) is -3.53. The molecule has 0 spiro atoms. The maximum absolute atomic E-state index is 13.4. The minimum atomic E-state index is -2.59. The molecule has 0 bridgehead atoms. The number of carbonyl (C=O) groups is 2. The summed E-state index contributed by atoms with van der Waals surface area (Å²) in [6, 6.07) is 4.32. The second kappa shape index (κ2) is 7.89. The van der Waals surface area contributed by atoms with Crippen LogP contribution in [0.1, 0.15) is 62.9 Å². The third-order valence-corrected chi connectivity index (χ3v) is 4.54. The second-order valence-corrected chi connectivity index (χ2v) is 6.83. The summed E-state index contributed by atoms with van der Waals surface area (Å²) in [5, 5.41) is 5.22. The topological polar surface area (TPSA) is 71.1 Å². The number of hydrogen-bond donors (Lipinski definition) is 2. The first-order valence-electron chi connectivity index (χ1n) is 8.60. The molecule has 2 rings (SSSR count). The van der Waals surface area contributed by atoms with Gasteiger partial charge in [0.1, 0.15) is 0 Å². The molecule has 5 nitrogen and oxygen atoms in total. The van der Waals surface area contributed by atoms with E-state index in [2.05, 4.69) is 15.6 Å². The summed E-state index contributed by atoms with van der Waals surface area (Å²) >= 11 is 0. The first-order chi connectivity index (χ1) is 11.7. The van der Waals surface area contributed by atoms with Gasteiger partial charge in [0.15, 0.2) is 6.04 Å². The first kappa shape index (κ1) is 19.3. The van der Waals surface area contributed by atoms with E-state index in [-0.39, 0.29) is 36.5 Å². The van der Waals surface area contributed by atoms with E-state index in [1.54, 1.807) is 32.0 Å². The molecule has 1 aromatic rings. The van der Waals surface area contributed by atoms with Gasteiger partial charge in [0, 0.05) is 37.4 Å². The smallest absolute Gasteiger partial charge is 0.248 e. The van der Waals surface area contributed by atoms with Crippen LogP contribution in [-0.2, 0) is 9.59 Å². The monoisotopic (exact) mass is 353 g/mol. The molecule has 1 heterocycles. The molecule has 0 radical (unpaired) electrons. The number of rotatable bonds is 5. The fraction of sp³-hybridized carbons (Fsp3) is 0.611. The Bertz CT molecular complexity index is 625. The van der Waals surface area contributed by atoms with Crippen LogP contribution in [0.25, 0.3) is 0 Å². The zero-order valence-corrected chi connectivity index (χ0v) is 14.8. The van der Waals surface area contributed by atoms with Gasteiger partial charge in [-0.05, 0) is 25.0 Å². The van der Waals surface area contributed by atoms with Crippen molar-refractivity contribution in [3.63, 3.8) is 0 Å². The third-order valence-electron chi connectivity index (χ3n) is 4.54. The third kappa shape index (κ3) is 4.96. The van der Waals surface area contributed by atoms with Gasteiger partial charge in [0.05, 0.1) is 5.69 Å². The number of nitrogens with zero attached hydrogens (tertiary/aromatic N) is 1. The molecule has 1 saturated carbocycles. The van der Waals surface area contributed by atoms with Gasteiger partial charge in [-0.3, -0.25) is 14.6 Å². The van der Waals surface area contributed by atoms with Crippen molar-refractivity contribution in [2.24, 2.45) is 5.92 Å². The average molecular weight is 353 g/mol. The maximum Gasteiger partial charge on any atom is 0.248 e. The Balaban J connectivity index is 2.21. The molecule has 0 aromatic carbocycles. The highest BCUT2D eigenvalue weighted by molar-refractivity contribution is 5.88. The van der Waals surface area contributed by atoms with Gasteiger partial charge in [-0.1, -0.05) is 19.9 Å². The van der Waals surface area contributed by atoms with E-state index in [0.29, 0.717) is 24.2 Å². The van der Waals surface area contributed by atoms with E-state index in [4.69, 9.17) is 0 Å². The molecule has 138 valence electrons. The van der Waals surface area contributed by atoms with E-state index >= 15 is 0 Å². The van der Waals surface area contributed by atoms with Gasteiger partial charge in [0.2, 0.25) is 17.7 Å². The number of carbonyl (C=O) groups excluding carboxylic acids is 2. The van der Waals surface area contributed by atoms with Crippen molar-refractivity contribution in [3.8, 4) is 0 Å². The van der Waals surface area contributed by atoms with Gasteiger partial charge in [0.25, 0.3) is 0 Å². The van der Waals surface area contributed by atoms with E-state index in [9.17, 15) is 18.4 Å². The maximum atomic E-state index is 13.4. The van der Waals surface area contributed by atoms with Crippen LogP contribution in [0.4, 0.5) is 8.78 Å². The van der Waals surface area contributed by atoms with Crippen LogP contribution in [-0.4, -0.2) is 29.8 Å². The van der Waals surface area contributed by atoms with Gasteiger partial charge >= 0.3 is 0 Å². The molecule has 1 aliphatic carbocycles. The molecule has 1 unspecified atom stereocenters. The fourth-order valence-electron chi connectivity index (χ4n) is 2.92. The van der Waals surface area contributed by atoms with Crippen molar-refractivity contribution in [2.45, 2.75) is 57.4 Å². The number of nitrogens with one attached hydrogen (secondary N) is 2. The summed E-state index contributed by atoms with van der Waals surface area (Å²) in [6.07, 6.45) is 0.442. The zero-order chi connectivity index (χ0) is 18.6. The highest BCUT2D eigenvalue weighted by atomic mass is 19.3. The normalized spacial score (nSPS) is 18.6. The molecule has 1 aromatic heterocycles. The SMILES string of the molecule is CNC(=O)C(NC(=O)C(C)C)c1cccc(C2CCC(F)(F)CC2)n1. The number of amides is 2. The Morgan fingerprint density at radius 1 is 1.20 bits per heavy atom. The van der Waals surface area contributed by atoms with Gasteiger partial charge < -0.3 is 10.6 Å². The second-order valence-electron chi connectivity index (χ2n) is 6.83. The van der Waals surface area contributed by atoms with E-state index in [1.807, 2.05) is 0 Å². The Labute approximate surface area is 146 Å². The van der Waals surface area contributed by atoms with Crippen molar-refractivity contribution >= 4 is 11.8 Å². The molecule has 2 amide bonds. The number of pyridine rings is 1. The van der Waals surface area contributed by atoms with Crippen LogP contribution in [0.3, 0.4) is 0 Å². The fourth-order valence-corrected chi connectivity index (χ4v) is 2.92. The zero-order valence-electron chi connectivity index (χ0n) is 14.8. The van der Waals surface area contributed by atoms with Crippen LogP contribution in [0.2, 0.25) is 0 Å². The summed E-state index contributed by atoms with van der Waals surface area (Å²) in [5.41, 5.74) is 1.11. The summed E-state index contributed by atoms with van der Waals surface area (Å²) in [7, 11) is 1.49. The lowest BCUT2D eigenvalue weighted by atomic mass is 9.84. The van der Waals surface area contributed by atoms with Crippen LogP contribution >= 0.6 is 0 Å². The molecule has 1 fully saturated rings. The number of alkyl halides is 2. The Morgan fingerprint density at radius 2 is 1.84 bits per heavy atom. The first-order valence-corrected chi connectivity index (χ1v) is 8.60. The van der Waals surface area contributed by atoms with Crippen molar-refractivity contribution in [2.75, 3.05) is 7.05 Å². The number of halogens is 2. The molecule has 1 atom stereocenters. The van der Waals surface area contributed by atoms with Crippen LogP contribution in [0.15, 0.2) is 18.2 Å². The molecular weight excluding hydrogens is 328 g/mol. The van der Waals surface area contributed by atoms with Crippen LogP contribution in [0, 0.1) is 5.92 Å². The van der Waals surface area contributed by atoms with Crippen molar-refractivity contribution in [1.82, 2.24) is 15.6 Å². The molecular formula is C18H25F2N3O2. The molecule has 2 N–H and O–H groups in total. The van der Waals surface area contributed by atoms with Crippen molar-refractivity contribution < 1.29 is 18.4 Å². The molecule has 25 heavy (non-hydrogen) atoms. The van der Waals surface area contributed by atoms with Gasteiger partial charge in [-0.2, -0.15) is 0 Å². The van der Waals surface area contributed by atoms with Crippen LogP contribution in [0.5, 0.6) is 0 Å². The molecule has 0 saturated heterocycles. The van der Waals surface area contributed by atoms with E-state index in [1.165, 1.54) is 7.05 Å². The van der Waals surface area contributed by atoms with Crippen LogP contribution < -0.4 is 10.6 Å². The quantitative estimate of drug-likeness (QED) is 0.855. The minimum absolute atomic E-state index is 0.0503. The van der Waals surface area contributed by atoms with Crippen molar-refractivity contribution in [3.05, 3.63) is 29.6 Å². The number of likely N-dealkylation sites (N-methyl/N-ethyl adjacent to an activating group) is 1. The molecule has 7 heteroatoms. The van der Waals surface area contributed by atoms with Crippen molar-refractivity contribution in [1.29, 1.82) is 0 Å². The summed E-state index contributed by atoms with van der Waals surface area (Å²) in [6.45, 7) is 3.48. The number of aromatic nitrogens is 1. The summed E-state index contributed by atoms with van der Waals surface area (Å²) < 4.78 is 26.7. The average Bonchev–Trinajstić information content (AvgIpc) is 2.58. The predicted molar refractivity (Wildman–Crippen MR) is 90.2 cm³/mol. The van der Waals surface area contributed by atoms with E-state index < -0.39 is 12.0 Å². The highest BCUT2D eigenvalue weighted by Crippen LogP contribution is 2.40. The lowest BCUT2D eigenvalue weighted by molar-refractivity contribution is -0.130. The largest absolute Gasteiger partial charge is 0.357 e. The Morgan fingerprint density at radius 3 is 2.40 bits per heavy atom. The minimum Gasteiger partial charge on any atom is -0.357 e. The summed E-state index contributed by atoms with van der Waals surface area (Å²) in [4.78, 5) is 28.7. The predicted octanol–water partition coefficient (Wildman–Crippen LogP) is 2.93. The number of hydrogen-bond acceptors (Lipinski definition) is 3. The highest BCUT2D eigenvalue weighted by Gasteiger charge is 2.36. The molecule has 0 aliphatic heterocycles. The lowest BCUT2D eigenvalue weighted by Gasteiger charge is -2.28. The van der Waals surface area contributed by atoms with Gasteiger partial charge in [-0.15, -0.1) is 0 Å². The lowest BCUT2D eigenvalue weighted by Crippen LogP contribution is -2.41. The Kier molecular flexibility index (Phi) is 6.08.